The number of nitrogens with zero attached hydrogens (tertiary/aromatic N) is 2. The second-order valence-corrected chi connectivity index (χ2v) is 5.28. The van der Waals surface area contributed by atoms with E-state index in [1.807, 2.05) is 18.2 Å². The van der Waals surface area contributed by atoms with Crippen molar-refractivity contribution in [3.63, 3.8) is 0 Å². The molecule has 18 heavy (non-hydrogen) atoms. The number of rotatable bonds is 2. The number of fused-ring (bicyclic) bond motifs is 1. The van der Waals surface area contributed by atoms with E-state index in [1.165, 1.54) is 0 Å². The number of nitrogens with two attached hydrogens (primary N) is 1. The number of nitrogen functional groups attached to an aromatic ring is 1. The molecule has 96 valence electrons. The molecule has 0 aliphatic heterocycles. The van der Waals surface area contributed by atoms with Gasteiger partial charge in [0.2, 0.25) is 0 Å². The molecule has 0 bridgehead atoms. The van der Waals surface area contributed by atoms with Crippen LogP contribution in [-0.4, -0.2) is 21.5 Å². The highest BCUT2D eigenvalue weighted by atomic mass is 16.3. The Morgan fingerprint density at radius 2 is 2.06 bits per heavy atom. The maximum atomic E-state index is 9.16. The Balaban J connectivity index is 1.82. The lowest BCUT2D eigenvalue weighted by Gasteiger charge is -2.27. The van der Waals surface area contributed by atoms with Crippen LogP contribution in [-0.2, 0) is 0 Å². The molecule has 1 aromatic carbocycles. The van der Waals surface area contributed by atoms with Crippen LogP contribution in [0.3, 0.4) is 0 Å². The average Bonchev–Trinajstić information content (AvgIpc) is 2.81. The van der Waals surface area contributed by atoms with Gasteiger partial charge in [-0.1, -0.05) is 0 Å². The molecule has 1 saturated carbocycles. The summed E-state index contributed by atoms with van der Waals surface area (Å²) < 4.78 is 2.08. The molecule has 1 heterocycles. The highest BCUT2D eigenvalue weighted by Crippen LogP contribution is 2.32. The number of aliphatic hydroxyl groups is 1. The number of aliphatic hydroxyl groups excluding tert-OH is 1. The Morgan fingerprint density at radius 3 is 2.78 bits per heavy atom. The average molecular weight is 245 g/mol. The smallest absolute Gasteiger partial charge is 0.0924 e. The minimum atomic E-state index is 0.324. The fourth-order valence-corrected chi connectivity index (χ4v) is 2.84. The zero-order valence-electron chi connectivity index (χ0n) is 10.4. The van der Waals surface area contributed by atoms with Crippen LogP contribution in [0, 0.1) is 5.92 Å². The number of anilines is 1. The van der Waals surface area contributed by atoms with Crippen molar-refractivity contribution in [2.24, 2.45) is 5.92 Å². The van der Waals surface area contributed by atoms with E-state index in [-0.39, 0.29) is 0 Å². The Labute approximate surface area is 106 Å². The van der Waals surface area contributed by atoms with Gasteiger partial charge in [0.1, 0.15) is 0 Å². The van der Waals surface area contributed by atoms with Gasteiger partial charge in [-0.05, 0) is 49.8 Å². The largest absolute Gasteiger partial charge is 0.399 e. The molecule has 1 aromatic heterocycles. The summed E-state index contributed by atoms with van der Waals surface area (Å²) in [5.41, 5.74) is 7.57. The fourth-order valence-electron chi connectivity index (χ4n) is 2.84. The Morgan fingerprint density at radius 1 is 1.28 bits per heavy atom. The Kier molecular flexibility index (Phi) is 2.96. The molecule has 3 rings (SSSR count). The molecular formula is C14H19N3O. The van der Waals surface area contributed by atoms with Crippen LogP contribution in [0.2, 0.25) is 0 Å². The van der Waals surface area contributed by atoms with Crippen molar-refractivity contribution in [1.29, 1.82) is 0 Å². The summed E-state index contributed by atoms with van der Waals surface area (Å²) in [6.45, 7) is 0.324. The van der Waals surface area contributed by atoms with Crippen molar-refractivity contribution >= 4 is 16.6 Å². The summed E-state index contributed by atoms with van der Waals surface area (Å²) in [5.74, 6) is 0.488. The van der Waals surface area contributed by atoms with E-state index >= 15 is 0 Å². The summed E-state index contributed by atoms with van der Waals surface area (Å²) in [4.78, 5) is 0. The first-order chi connectivity index (χ1) is 8.76. The van der Waals surface area contributed by atoms with E-state index in [4.69, 9.17) is 10.8 Å². The van der Waals surface area contributed by atoms with Gasteiger partial charge in [0, 0.05) is 23.9 Å². The van der Waals surface area contributed by atoms with Crippen LogP contribution in [0.1, 0.15) is 31.7 Å². The molecule has 4 heteroatoms. The van der Waals surface area contributed by atoms with E-state index in [9.17, 15) is 0 Å². The summed E-state index contributed by atoms with van der Waals surface area (Å²) in [7, 11) is 0. The van der Waals surface area contributed by atoms with Gasteiger partial charge in [-0.2, -0.15) is 5.10 Å². The van der Waals surface area contributed by atoms with Gasteiger partial charge in [0.05, 0.1) is 11.6 Å². The molecule has 1 aliphatic rings. The van der Waals surface area contributed by atoms with Crippen LogP contribution in [0.15, 0.2) is 24.4 Å². The zero-order chi connectivity index (χ0) is 12.5. The van der Waals surface area contributed by atoms with E-state index in [1.54, 1.807) is 0 Å². The van der Waals surface area contributed by atoms with E-state index < -0.39 is 0 Å². The molecule has 0 amide bonds. The SMILES string of the molecule is Nc1ccc2nn([C@H]3CC[C@H](CO)CC3)cc2c1. The molecule has 0 atom stereocenters. The maximum absolute atomic E-state index is 9.16. The summed E-state index contributed by atoms with van der Waals surface area (Å²) >= 11 is 0. The van der Waals surface area contributed by atoms with Crippen LogP contribution >= 0.6 is 0 Å². The van der Waals surface area contributed by atoms with Crippen molar-refractivity contribution in [1.82, 2.24) is 9.78 Å². The first-order valence-corrected chi connectivity index (χ1v) is 6.61. The molecule has 0 saturated heterocycles. The minimum Gasteiger partial charge on any atom is -0.399 e. The molecule has 4 nitrogen and oxygen atoms in total. The van der Waals surface area contributed by atoms with Crippen molar-refractivity contribution in [2.45, 2.75) is 31.7 Å². The Bertz CT molecular complexity index is 541. The quantitative estimate of drug-likeness (QED) is 0.798. The lowest BCUT2D eigenvalue weighted by molar-refractivity contribution is 0.165. The van der Waals surface area contributed by atoms with E-state index in [2.05, 4.69) is 16.0 Å². The zero-order valence-corrected chi connectivity index (χ0v) is 10.4. The van der Waals surface area contributed by atoms with Crippen LogP contribution in [0.25, 0.3) is 10.9 Å². The van der Waals surface area contributed by atoms with E-state index in [0.29, 0.717) is 18.6 Å². The monoisotopic (exact) mass is 245 g/mol. The van der Waals surface area contributed by atoms with Gasteiger partial charge in [0.25, 0.3) is 0 Å². The molecule has 1 fully saturated rings. The van der Waals surface area contributed by atoms with Crippen LogP contribution in [0.4, 0.5) is 5.69 Å². The summed E-state index contributed by atoms with van der Waals surface area (Å²) in [6.07, 6.45) is 6.50. The molecule has 1 aliphatic carbocycles. The fraction of sp³-hybridized carbons (Fsp3) is 0.500. The lowest BCUT2D eigenvalue weighted by atomic mass is 9.87. The third kappa shape index (κ3) is 2.08. The Hall–Kier alpha value is -1.55. The molecule has 0 radical (unpaired) electrons. The van der Waals surface area contributed by atoms with Gasteiger partial charge < -0.3 is 10.8 Å². The van der Waals surface area contributed by atoms with Crippen molar-refractivity contribution < 1.29 is 5.11 Å². The third-order valence-corrected chi connectivity index (χ3v) is 3.99. The highest BCUT2D eigenvalue weighted by molar-refractivity contribution is 5.81. The van der Waals surface area contributed by atoms with Gasteiger partial charge in [0.15, 0.2) is 0 Å². The predicted molar refractivity (Wildman–Crippen MR) is 72.2 cm³/mol. The van der Waals surface area contributed by atoms with Gasteiger partial charge >= 0.3 is 0 Å². The highest BCUT2D eigenvalue weighted by Gasteiger charge is 2.22. The number of hydrogen-bond donors (Lipinski definition) is 2. The first kappa shape index (κ1) is 11.5. The first-order valence-electron chi connectivity index (χ1n) is 6.61. The molecular weight excluding hydrogens is 226 g/mol. The van der Waals surface area contributed by atoms with E-state index in [0.717, 1.165) is 42.3 Å². The normalized spacial score (nSPS) is 24.5. The lowest BCUT2D eigenvalue weighted by Crippen LogP contribution is -2.20. The summed E-state index contributed by atoms with van der Waals surface area (Å²) in [6, 6.07) is 6.31. The number of hydrogen-bond acceptors (Lipinski definition) is 3. The van der Waals surface area contributed by atoms with Crippen molar-refractivity contribution in [2.75, 3.05) is 12.3 Å². The maximum Gasteiger partial charge on any atom is 0.0924 e. The summed E-state index contributed by atoms with van der Waals surface area (Å²) in [5, 5.41) is 14.9. The van der Waals surface area contributed by atoms with Crippen molar-refractivity contribution in [3.05, 3.63) is 24.4 Å². The standard InChI is InChI=1S/C14H19N3O/c15-12-3-6-14-11(7-12)8-17(16-14)13-4-1-10(9-18)2-5-13/h3,6-8,10,13,18H,1-2,4-5,9,15H2/t10-,13-. The van der Waals surface area contributed by atoms with Gasteiger partial charge in [-0.25, -0.2) is 0 Å². The molecule has 3 N–H and O–H groups in total. The molecule has 0 unspecified atom stereocenters. The second-order valence-electron chi connectivity index (χ2n) is 5.28. The number of aromatic nitrogens is 2. The van der Waals surface area contributed by atoms with Crippen LogP contribution in [0.5, 0.6) is 0 Å². The molecule has 0 spiro atoms. The van der Waals surface area contributed by atoms with Crippen LogP contribution < -0.4 is 5.73 Å². The van der Waals surface area contributed by atoms with Gasteiger partial charge in [-0.15, -0.1) is 0 Å². The predicted octanol–water partition coefficient (Wildman–Crippen LogP) is 2.34. The second kappa shape index (κ2) is 4.61. The molecule has 2 aromatic rings. The number of benzene rings is 1. The van der Waals surface area contributed by atoms with Crippen molar-refractivity contribution in [3.8, 4) is 0 Å². The third-order valence-electron chi connectivity index (χ3n) is 3.99. The minimum absolute atomic E-state index is 0.324. The van der Waals surface area contributed by atoms with Gasteiger partial charge in [-0.3, -0.25) is 4.68 Å². The topological polar surface area (TPSA) is 64.1 Å².